The molecule has 178 valence electrons. The molecule has 10 nitrogen and oxygen atoms in total. The van der Waals surface area contributed by atoms with Crippen LogP contribution in [-0.4, -0.2) is 49.3 Å². The van der Waals surface area contributed by atoms with Crippen LogP contribution in [0.5, 0.6) is 0 Å². The molecule has 2 N–H and O–H groups in total. The van der Waals surface area contributed by atoms with Crippen molar-refractivity contribution >= 4 is 21.6 Å². The number of amides is 1. The van der Waals surface area contributed by atoms with Gasteiger partial charge in [0.2, 0.25) is 10.0 Å². The minimum Gasteiger partial charge on any atom is -0.345 e. The van der Waals surface area contributed by atoms with Gasteiger partial charge in [0.15, 0.2) is 0 Å². The van der Waals surface area contributed by atoms with Crippen LogP contribution < -0.4 is 5.32 Å². The lowest BCUT2D eigenvalue weighted by Gasteiger charge is -2.29. The van der Waals surface area contributed by atoms with Crippen molar-refractivity contribution in [1.82, 2.24) is 33.8 Å². The Kier molecular flexibility index (Phi) is 5.29. The van der Waals surface area contributed by atoms with E-state index in [1.54, 1.807) is 43.0 Å². The summed E-state index contributed by atoms with van der Waals surface area (Å²) in [6, 6.07) is 4.22. The monoisotopic (exact) mass is 485 g/mol. The first-order valence-electron chi connectivity index (χ1n) is 10.8. The molecule has 0 radical (unpaired) electrons. The van der Waals surface area contributed by atoms with Gasteiger partial charge in [-0.15, -0.1) is 0 Å². The lowest BCUT2D eigenvalue weighted by atomic mass is 10.0. The van der Waals surface area contributed by atoms with E-state index in [9.17, 15) is 17.6 Å². The number of H-pyrrole nitrogens is 1. The van der Waals surface area contributed by atoms with Gasteiger partial charge in [-0.2, -0.15) is 9.40 Å². The number of aromatic nitrogens is 5. The van der Waals surface area contributed by atoms with Crippen molar-refractivity contribution in [2.45, 2.75) is 37.8 Å². The highest BCUT2D eigenvalue weighted by Gasteiger charge is 2.35. The molecule has 0 bridgehead atoms. The Bertz CT molecular complexity index is 1520. The average Bonchev–Trinajstić information content (AvgIpc) is 3.53. The minimum absolute atomic E-state index is 0.0337. The number of carbonyl (C=O) groups excluding carboxylic acids is 1. The number of rotatable bonds is 5. The second-order valence-corrected chi connectivity index (χ2v) is 10.4. The smallest absolute Gasteiger partial charge is 0.268 e. The highest BCUT2D eigenvalue weighted by molar-refractivity contribution is 7.89. The molecule has 0 saturated heterocycles. The molecule has 4 aromatic heterocycles. The maximum atomic E-state index is 14.4. The fourth-order valence-corrected chi connectivity index (χ4v) is 6.23. The summed E-state index contributed by atoms with van der Waals surface area (Å²) in [5.74, 6) is -1.02. The van der Waals surface area contributed by atoms with Crippen LogP contribution in [0.2, 0.25) is 0 Å². The van der Waals surface area contributed by atoms with Crippen molar-refractivity contribution in [1.29, 1.82) is 0 Å². The van der Waals surface area contributed by atoms with Gasteiger partial charge in [-0.05, 0) is 25.1 Å². The van der Waals surface area contributed by atoms with Crippen molar-refractivity contribution in [3.8, 4) is 0 Å². The third-order valence-electron chi connectivity index (χ3n) is 6.44. The normalized spacial score (nSPS) is 16.6. The molecule has 1 unspecified atom stereocenters. The topological polar surface area (TPSA) is 117 Å². The van der Waals surface area contributed by atoms with Crippen LogP contribution in [0.15, 0.2) is 41.7 Å². The third-order valence-corrected chi connectivity index (χ3v) is 8.37. The molecule has 1 aliphatic heterocycles. The third kappa shape index (κ3) is 3.49. The number of imidazole rings is 1. The number of halogens is 1. The van der Waals surface area contributed by atoms with Gasteiger partial charge in [-0.1, -0.05) is 6.92 Å². The number of nitrogens with one attached hydrogen (secondary N) is 2. The molecule has 0 aromatic carbocycles. The Hall–Kier alpha value is -3.51. The lowest BCUT2D eigenvalue weighted by molar-refractivity contribution is 0.0941. The van der Waals surface area contributed by atoms with Gasteiger partial charge < -0.3 is 9.88 Å². The Morgan fingerprint density at radius 3 is 2.94 bits per heavy atom. The van der Waals surface area contributed by atoms with Gasteiger partial charge in [-0.25, -0.2) is 17.8 Å². The summed E-state index contributed by atoms with van der Waals surface area (Å²) in [4.78, 5) is 17.2. The zero-order valence-electron chi connectivity index (χ0n) is 18.9. The number of sulfonamides is 1. The molecular formula is C22H24FN7O3S. The molecule has 5 heterocycles. The van der Waals surface area contributed by atoms with E-state index in [0.717, 1.165) is 11.3 Å². The molecule has 1 atom stereocenters. The second kappa shape index (κ2) is 8.06. The minimum atomic E-state index is -3.86. The molecule has 0 aliphatic carbocycles. The first-order valence-corrected chi connectivity index (χ1v) is 12.2. The van der Waals surface area contributed by atoms with E-state index in [2.05, 4.69) is 20.5 Å². The van der Waals surface area contributed by atoms with Crippen LogP contribution in [0, 0.1) is 12.7 Å². The summed E-state index contributed by atoms with van der Waals surface area (Å²) in [5, 5.41) is 9.67. The number of carbonyl (C=O) groups is 1. The maximum absolute atomic E-state index is 14.4. The van der Waals surface area contributed by atoms with E-state index in [4.69, 9.17) is 0 Å². The predicted molar refractivity (Wildman–Crippen MR) is 121 cm³/mol. The van der Waals surface area contributed by atoms with E-state index >= 15 is 0 Å². The number of fused-ring (bicyclic) bond motifs is 2. The largest absolute Gasteiger partial charge is 0.345 e. The van der Waals surface area contributed by atoms with Gasteiger partial charge >= 0.3 is 0 Å². The number of aromatic amines is 1. The fraction of sp³-hybridized carbons (Fsp3) is 0.318. The summed E-state index contributed by atoms with van der Waals surface area (Å²) in [6.45, 7) is 4.03. The zero-order chi connectivity index (χ0) is 24.2. The van der Waals surface area contributed by atoms with Gasteiger partial charge in [0, 0.05) is 55.4 Å². The highest BCUT2D eigenvalue weighted by atomic mass is 32.2. The van der Waals surface area contributed by atoms with E-state index in [1.165, 1.54) is 21.0 Å². The van der Waals surface area contributed by atoms with Crippen LogP contribution >= 0.6 is 0 Å². The van der Waals surface area contributed by atoms with Crippen LogP contribution in [0.1, 0.15) is 46.0 Å². The lowest BCUT2D eigenvalue weighted by Crippen LogP contribution is -2.37. The Morgan fingerprint density at radius 2 is 2.15 bits per heavy atom. The van der Waals surface area contributed by atoms with E-state index in [1.807, 2.05) is 6.92 Å². The Balaban J connectivity index is 1.40. The molecule has 12 heteroatoms. The molecule has 0 spiro atoms. The maximum Gasteiger partial charge on any atom is 0.268 e. The van der Waals surface area contributed by atoms with Crippen molar-refractivity contribution in [2.24, 2.45) is 7.05 Å². The van der Waals surface area contributed by atoms with Crippen molar-refractivity contribution < 1.29 is 17.6 Å². The highest BCUT2D eigenvalue weighted by Crippen LogP contribution is 2.32. The van der Waals surface area contributed by atoms with Crippen molar-refractivity contribution in [2.75, 3.05) is 6.54 Å². The summed E-state index contributed by atoms with van der Waals surface area (Å²) in [5.41, 5.74) is 3.20. The number of pyridine rings is 1. The first kappa shape index (κ1) is 22.3. The van der Waals surface area contributed by atoms with Gasteiger partial charge in [0.1, 0.15) is 22.1 Å². The quantitative estimate of drug-likeness (QED) is 0.449. The van der Waals surface area contributed by atoms with Crippen LogP contribution in [0.4, 0.5) is 4.39 Å². The number of hydrogen-bond acceptors (Lipinski definition) is 5. The van der Waals surface area contributed by atoms with Gasteiger partial charge in [0.25, 0.3) is 5.91 Å². The average molecular weight is 486 g/mol. The number of nitrogens with zero attached hydrogens (tertiary/aromatic N) is 5. The van der Waals surface area contributed by atoms with Crippen molar-refractivity contribution in [3.05, 3.63) is 70.9 Å². The standard InChI is InChI=1S/C22H24FN7O3S/c1-13-11-29(12-15-9-26-27-21(13)15)34(32,33)19-8-17(28(3)14(19)2)22(31)25-10-18-16(23)4-5-20-24-6-7-30(18)20/h4-9,13H,10-12H2,1-3H3,(H,25,31)(H,26,27). The Morgan fingerprint density at radius 1 is 1.35 bits per heavy atom. The van der Waals surface area contributed by atoms with Crippen LogP contribution in [-0.2, 0) is 30.2 Å². The molecule has 1 aliphatic rings. The molecule has 0 fully saturated rings. The van der Waals surface area contributed by atoms with Crippen molar-refractivity contribution in [3.63, 3.8) is 0 Å². The van der Waals surface area contributed by atoms with E-state index in [-0.39, 0.29) is 35.3 Å². The van der Waals surface area contributed by atoms with E-state index < -0.39 is 21.7 Å². The van der Waals surface area contributed by atoms with Gasteiger partial charge in [0.05, 0.1) is 18.4 Å². The first-order chi connectivity index (χ1) is 16.2. The van der Waals surface area contributed by atoms with Gasteiger partial charge in [-0.3, -0.25) is 14.3 Å². The molecule has 1 amide bonds. The summed E-state index contributed by atoms with van der Waals surface area (Å²) in [6.07, 6.45) is 4.80. The molecule has 5 rings (SSSR count). The predicted octanol–water partition coefficient (Wildman–Crippen LogP) is 2.08. The van der Waals surface area contributed by atoms with Crippen LogP contribution in [0.3, 0.4) is 0 Å². The molecular weight excluding hydrogens is 461 g/mol. The zero-order valence-corrected chi connectivity index (χ0v) is 19.7. The molecule has 0 saturated carbocycles. The number of hydrogen-bond donors (Lipinski definition) is 2. The summed E-state index contributed by atoms with van der Waals surface area (Å²) >= 11 is 0. The van der Waals surface area contributed by atoms with E-state index in [0.29, 0.717) is 17.9 Å². The SMILES string of the molecule is Cc1c(S(=O)(=O)N2Cc3cn[nH]c3C(C)C2)cc(C(=O)NCc2c(F)ccc3nccn23)n1C. The summed E-state index contributed by atoms with van der Waals surface area (Å²) in [7, 11) is -2.23. The molecule has 34 heavy (non-hydrogen) atoms. The Labute approximate surface area is 195 Å². The second-order valence-electron chi connectivity index (χ2n) is 8.51. The van der Waals surface area contributed by atoms with Crippen LogP contribution in [0.25, 0.3) is 5.65 Å². The fourth-order valence-electron chi connectivity index (χ4n) is 4.45. The summed E-state index contributed by atoms with van der Waals surface area (Å²) < 4.78 is 45.9. The molecule has 4 aromatic rings.